The molecule has 19 heavy (non-hydrogen) atoms. The van der Waals surface area contributed by atoms with E-state index in [1.54, 1.807) is 0 Å². The summed E-state index contributed by atoms with van der Waals surface area (Å²) < 4.78 is 13.8. The summed E-state index contributed by atoms with van der Waals surface area (Å²) in [5.74, 6) is -0.723. The number of aromatic carboxylic acids is 1. The van der Waals surface area contributed by atoms with Crippen LogP contribution in [0.1, 0.15) is 42.6 Å². The highest BCUT2D eigenvalue weighted by Gasteiger charge is 2.23. The molecule has 0 spiro atoms. The first-order valence-corrected chi connectivity index (χ1v) is 6.73. The number of carboxylic acid groups (broad SMARTS) is 1. The van der Waals surface area contributed by atoms with E-state index in [-0.39, 0.29) is 11.4 Å². The molecule has 3 nitrogen and oxygen atoms in total. The molecule has 1 heterocycles. The molecule has 1 fully saturated rings. The molecule has 4 heteroatoms. The van der Waals surface area contributed by atoms with Crippen molar-refractivity contribution in [3.63, 3.8) is 0 Å². The number of hydrogen-bond donors (Lipinski definition) is 1. The number of likely N-dealkylation sites (tertiary alicyclic amines) is 1. The first-order chi connectivity index (χ1) is 8.97. The number of nitrogens with zero attached hydrogens (tertiary/aromatic N) is 1. The highest BCUT2D eigenvalue weighted by atomic mass is 19.1. The van der Waals surface area contributed by atoms with E-state index in [9.17, 15) is 9.18 Å². The lowest BCUT2D eigenvalue weighted by Crippen LogP contribution is -2.40. The summed E-state index contributed by atoms with van der Waals surface area (Å²) in [6.07, 6.45) is 2.32. The minimum atomic E-state index is -1.01. The van der Waals surface area contributed by atoms with Crippen molar-refractivity contribution in [2.75, 3.05) is 6.54 Å². The van der Waals surface area contributed by atoms with Crippen LogP contribution in [0.5, 0.6) is 0 Å². The van der Waals surface area contributed by atoms with E-state index in [4.69, 9.17) is 5.11 Å². The third kappa shape index (κ3) is 3.32. The summed E-state index contributed by atoms with van der Waals surface area (Å²) >= 11 is 0. The van der Waals surface area contributed by atoms with Crippen LogP contribution in [0.25, 0.3) is 0 Å². The fourth-order valence-electron chi connectivity index (χ4n) is 2.65. The zero-order valence-corrected chi connectivity index (χ0v) is 11.4. The largest absolute Gasteiger partial charge is 0.478 e. The monoisotopic (exact) mass is 265 g/mol. The average molecular weight is 265 g/mol. The van der Waals surface area contributed by atoms with Crippen molar-refractivity contribution >= 4 is 5.97 Å². The predicted molar refractivity (Wildman–Crippen MR) is 71.6 cm³/mol. The van der Waals surface area contributed by atoms with Gasteiger partial charge in [-0.15, -0.1) is 0 Å². The maximum absolute atomic E-state index is 13.8. The van der Waals surface area contributed by atoms with E-state index in [0.717, 1.165) is 13.0 Å². The molecule has 1 aromatic carbocycles. The minimum absolute atomic E-state index is 0.147. The van der Waals surface area contributed by atoms with Gasteiger partial charge in [0.25, 0.3) is 0 Å². The molecule has 104 valence electrons. The van der Waals surface area contributed by atoms with Crippen LogP contribution in [0, 0.1) is 11.7 Å². The summed E-state index contributed by atoms with van der Waals surface area (Å²) in [6, 6.07) is 4.42. The number of hydrogen-bond acceptors (Lipinski definition) is 2. The highest BCUT2D eigenvalue weighted by Crippen LogP contribution is 2.24. The van der Waals surface area contributed by atoms with Gasteiger partial charge < -0.3 is 5.11 Å². The maximum Gasteiger partial charge on any atom is 0.335 e. The number of carbonyl (C=O) groups is 1. The summed E-state index contributed by atoms with van der Waals surface area (Å²) in [7, 11) is 0. The van der Waals surface area contributed by atoms with Crippen LogP contribution in [0.2, 0.25) is 0 Å². The quantitative estimate of drug-likeness (QED) is 0.912. The zero-order valence-electron chi connectivity index (χ0n) is 11.4. The Morgan fingerprint density at radius 3 is 2.84 bits per heavy atom. The molecule has 0 bridgehead atoms. The van der Waals surface area contributed by atoms with Gasteiger partial charge in [-0.2, -0.15) is 0 Å². The summed E-state index contributed by atoms with van der Waals surface area (Å²) in [5.41, 5.74) is 0.620. The van der Waals surface area contributed by atoms with Gasteiger partial charge in [-0.25, -0.2) is 9.18 Å². The van der Waals surface area contributed by atoms with E-state index in [1.165, 1.54) is 24.6 Å². The lowest BCUT2D eigenvalue weighted by atomic mass is 9.94. The number of piperidine rings is 1. The van der Waals surface area contributed by atoms with Gasteiger partial charge in [0.05, 0.1) is 5.56 Å². The third-order valence-electron chi connectivity index (χ3n) is 3.91. The predicted octanol–water partition coefficient (Wildman–Crippen LogP) is 3.14. The van der Waals surface area contributed by atoms with Gasteiger partial charge in [-0.3, -0.25) is 4.90 Å². The molecule has 0 aliphatic carbocycles. The van der Waals surface area contributed by atoms with Crippen LogP contribution < -0.4 is 0 Å². The lowest BCUT2D eigenvalue weighted by molar-refractivity contribution is 0.0696. The van der Waals surface area contributed by atoms with Crippen LogP contribution >= 0.6 is 0 Å². The lowest BCUT2D eigenvalue weighted by Gasteiger charge is -2.36. The third-order valence-corrected chi connectivity index (χ3v) is 3.91. The van der Waals surface area contributed by atoms with Crippen molar-refractivity contribution in [2.45, 2.75) is 39.3 Å². The van der Waals surface area contributed by atoms with Gasteiger partial charge in [0.1, 0.15) is 5.82 Å². The molecule has 1 saturated heterocycles. The van der Waals surface area contributed by atoms with Gasteiger partial charge in [0, 0.05) is 24.7 Å². The van der Waals surface area contributed by atoms with Crippen molar-refractivity contribution in [1.29, 1.82) is 0 Å². The fraction of sp³-hybridized carbons (Fsp3) is 0.533. The Kier molecular flexibility index (Phi) is 4.20. The molecule has 0 aromatic heterocycles. The van der Waals surface area contributed by atoms with Crippen molar-refractivity contribution in [1.82, 2.24) is 4.90 Å². The summed E-state index contributed by atoms with van der Waals surface area (Å²) in [6.45, 7) is 5.77. The van der Waals surface area contributed by atoms with E-state index in [1.807, 2.05) is 0 Å². The molecular weight excluding hydrogens is 245 g/mol. The van der Waals surface area contributed by atoms with Crippen LogP contribution in [0.4, 0.5) is 4.39 Å². The second-order valence-corrected chi connectivity index (χ2v) is 5.57. The van der Waals surface area contributed by atoms with Crippen molar-refractivity contribution < 1.29 is 14.3 Å². The molecule has 2 atom stereocenters. The molecule has 0 saturated carbocycles. The van der Waals surface area contributed by atoms with Crippen molar-refractivity contribution in [2.24, 2.45) is 5.92 Å². The van der Waals surface area contributed by atoms with Gasteiger partial charge in [-0.05, 0) is 43.9 Å². The molecular formula is C15H20FNO2. The number of benzene rings is 1. The van der Waals surface area contributed by atoms with Crippen LogP contribution in [-0.4, -0.2) is 28.6 Å². The van der Waals surface area contributed by atoms with Gasteiger partial charge in [0.2, 0.25) is 0 Å². The van der Waals surface area contributed by atoms with E-state index >= 15 is 0 Å². The van der Waals surface area contributed by atoms with Crippen LogP contribution in [0.3, 0.4) is 0 Å². The van der Waals surface area contributed by atoms with Crippen LogP contribution in [-0.2, 0) is 6.54 Å². The van der Waals surface area contributed by atoms with E-state index < -0.39 is 5.97 Å². The Hall–Kier alpha value is -1.42. The second-order valence-electron chi connectivity index (χ2n) is 5.57. The summed E-state index contributed by atoms with van der Waals surface area (Å²) in [4.78, 5) is 13.2. The highest BCUT2D eigenvalue weighted by molar-refractivity contribution is 5.87. The fourth-order valence-corrected chi connectivity index (χ4v) is 2.65. The first kappa shape index (κ1) is 14.0. The first-order valence-electron chi connectivity index (χ1n) is 6.73. The average Bonchev–Trinajstić information content (AvgIpc) is 2.36. The second kappa shape index (κ2) is 5.70. The van der Waals surface area contributed by atoms with Gasteiger partial charge >= 0.3 is 5.97 Å². The molecule has 2 rings (SSSR count). The molecule has 1 aliphatic heterocycles. The van der Waals surface area contributed by atoms with E-state index in [0.29, 0.717) is 24.1 Å². The van der Waals surface area contributed by atoms with Crippen molar-refractivity contribution in [3.8, 4) is 0 Å². The number of rotatable bonds is 3. The Morgan fingerprint density at radius 1 is 1.42 bits per heavy atom. The topological polar surface area (TPSA) is 40.5 Å². The molecule has 0 radical (unpaired) electrons. The normalized spacial score (nSPS) is 24.4. The Morgan fingerprint density at radius 2 is 2.16 bits per heavy atom. The maximum atomic E-state index is 13.8. The SMILES string of the molecule is CC1CCC(C)N(Cc2cc(C(=O)O)ccc2F)C1. The smallest absolute Gasteiger partial charge is 0.335 e. The standard InChI is InChI=1S/C15H20FNO2/c1-10-3-4-11(2)17(8-10)9-13-7-12(15(18)19)5-6-14(13)16/h5-7,10-11H,3-4,8-9H2,1-2H3,(H,18,19). The van der Waals surface area contributed by atoms with Gasteiger partial charge in [0.15, 0.2) is 0 Å². The summed E-state index contributed by atoms with van der Waals surface area (Å²) in [5, 5.41) is 8.96. The molecule has 2 unspecified atom stereocenters. The number of halogens is 1. The molecule has 1 N–H and O–H groups in total. The zero-order chi connectivity index (χ0) is 14.0. The number of carboxylic acids is 1. The van der Waals surface area contributed by atoms with Gasteiger partial charge in [-0.1, -0.05) is 6.92 Å². The van der Waals surface area contributed by atoms with E-state index in [2.05, 4.69) is 18.7 Å². The molecule has 1 aliphatic rings. The Labute approximate surface area is 113 Å². The molecule has 0 amide bonds. The van der Waals surface area contributed by atoms with Crippen molar-refractivity contribution in [3.05, 3.63) is 35.1 Å². The minimum Gasteiger partial charge on any atom is -0.478 e. The Bertz CT molecular complexity index is 475. The molecule has 1 aromatic rings. The van der Waals surface area contributed by atoms with Crippen LogP contribution in [0.15, 0.2) is 18.2 Å². The Balaban J connectivity index is 2.17.